The van der Waals surface area contributed by atoms with E-state index >= 15 is 0 Å². The number of nitrogens with one attached hydrogen (secondary N) is 1. The third kappa shape index (κ3) is 4.21. The first-order valence-electron chi connectivity index (χ1n) is 8.04. The predicted molar refractivity (Wildman–Crippen MR) is 110 cm³/mol. The van der Waals surface area contributed by atoms with Gasteiger partial charge in [0.25, 0.3) is 0 Å². The highest BCUT2D eigenvalue weighted by molar-refractivity contribution is 7.13. The van der Waals surface area contributed by atoms with E-state index in [0.29, 0.717) is 6.42 Å². The number of benzene rings is 1. The molecule has 4 rings (SSSR count). The second-order valence-corrected chi connectivity index (χ2v) is 7.85. The van der Waals surface area contributed by atoms with Crippen molar-refractivity contribution in [3.63, 3.8) is 0 Å². The lowest BCUT2D eigenvalue weighted by molar-refractivity contribution is -0.115. The molecule has 5 nitrogen and oxygen atoms in total. The van der Waals surface area contributed by atoms with Crippen molar-refractivity contribution in [1.82, 2.24) is 15.0 Å². The topological polar surface area (TPSA) is 67.8 Å². The molecule has 0 saturated heterocycles. The molecule has 8 heteroatoms. The zero-order chi connectivity index (χ0) is 18.6. The number of carbonyl (C=O) groups excluding carboxylic acids is 1. The van der Waals surface area contributed by atoms with Crippen LogP contribution in [0.5, 0.6) is 0 Å². The Morgan fingerprint density at radius 2 is 2.04 bits per heavy atom. The molecule has 1 amide bonds. The molecule has 3 heterocycles. The average Bonchev–Trinajstić information content (AvgIpc) is 3.33. The van der Waals surface area contributed by atoms with Gasteiger partial charge in [-0.25, -0.2) is 15.0 Å². The molecular formula is C19H13ClN4OS2. The van der Waals surface area contributed by atoms with Crippen LogP contribution in [0.2, 0.25) is 5.28 Å². The van der Waals surface area contributed by atoms with E-state index in [4.69, 9.17) is 11.6 Å². The largest absolute Gasteiger partial charge is 0.326 e. The van der Waals surface area contributed by atoms with E-state index in [2.05, 4.69) is 20.3 Å². The molecule has 0 atom stereocenters. The van der Waals surface area contributed by atoms with Crippen LogP contribution in [0.1, 0.15) is 4.88 Å². The number of amides is 1. The number of nitrogens with zero attached hydrogens (tertiary/aromatic N) is 3. The van der Waals surface area contributed by atoms with E-state index in [-0.39, 0.29) is 11.2 Å². The second-order valence-electron chi connectivity index (χ2n) is 5.63. The van der Waals surface area contributed by atoms with E-state index in [9.17, 15) is 4.79 Å². The van der Waals surface area contributed by atoms with Crippen molar-refractivity contribution in [3.8, 4) is 21.8 Å². The number of halogens is 1. The molecule has 1 N–H and O–H groups in total. The van der Waals surface area contributed by atoms with Gasteiger partial charge in [0.05, 0.1) is 28.2 Å². The fraction of sp³-hybridized carbons (Fsp3) is 0.0526. The first-order valence-corrected chi connectivity index (χ1v) is 10.2. The van der Waals surface area contributed by atoms with Crippen molar-refractivity contribution >= 4 is 45.9 Å². The summed E-state index contributed by atoms with van der Waals surface area (Å²) in [6, 6.07) is 13.3. The molecule has 1 aromatic carbocycles. The number of rotatable bonds is 5. The molecular weight excluding hydrogens is 400 g/mol. The van der Waals surface area contributed by atoms with Crippen LogP contribution in [-0.4, -0.2) is 20.9 Å². The van der Waals surface area contributed by atoms with Gasteiger partial charge in [-0.3, -0.25) is 4.79 Å². The van der Waals surface area contributed by atoms with E-state index in [1.165, 1.54) is 11.3 Å². The molecule has 0 unspecified atom stereocenters. The normalized spacial score (nSPS) is 10.7. The maximum atomic E-state index is 12.3. The summed E-state index contributed by atoms with van der Waals surface area (Å²) in [5.41, 5.74) is 4.91. The lowest BCUT2D eigenvalue weighted by Crippen LogP contribution is -2.13. The summed E-state index contributed by atoms with van der Waals surface area (Å²) in [7, 11) is 0. The van der Waals surface area contributed by atoms with E-state index in [1.54, 1.807) is 29.1 Å². The van der Waals surface area contributed by atoms with Gasteiger partial charge >= 0.3 is 0 Å². The summed E-state index contributed by atoms with van der Waals surface area (Å²) in [5, 5.41) is 5.11. The summed E-state index contributed by atoms with van der Waals surface area (Å²) in [5.74, 6) is -0.0457. The minimum absolute atomic E-state index is 0.0457. The summed E-state index contributed by atoms with van der Waals surface area (Å²) < 4.78 is 0. The van der Waals surface area contributed by atoms with Gasteiger partial charge in [0, 0.05) is 22.3 Å². The van der Waals surface area contributed by atoms with Gasteiger partial charge in [0.15, 0.2) is 0 Å². The summed E-state index contributed by atoms with van der Waals surface area (Å²) in [6.07, 6.45) is 1.98. The van der Waals surface area contributed by atoms with Crippen LogP contribution in [-0.2, 0) is 11.2 Å². The van der Waals surface area contributed by atoms with Gasteiger partial charge in [-0.05, 0) is 41.2 Å². The number of carbonyl (C=O) groups is 1. The maximum absolute atomic E-state index is 12.3. The molecule has 4 aromatic rings. The fourth-order valence-corrected chi connectivity index (χ4v) is 4.25. The molecule has 0 fully saturated rings. The van der Waals surface area contributed by atoms with Crippen LogP contribution in [0, 0.1) is 0 Å². The third-order valence-corrected chi connectivity index (χ3v) is 5.67. The Balaban J connectivity index is 1.58. The smallest absolute Gasteiger partial charge is 0.229 e. The van der Waals surface area contributed by atoms with Gasteiger partial charge in [0.2, 0.25) is 11.2 Å². The van der Waals surface area contributed by atoms with Crippen molar-refractivity contribution < 1.29 is 4.79 Å². The van der Waals surface area contributed by atoms with E-state index in [0.717, 1.165) is 32.4 Å². The highest BCUT2D eigenvalue weighted by atomic mass is 35.5. The van der Waals surface area contributed by atoms with Gasteiger partial charge in [-0.2, -0.15) is 0 Å². The lowest BCUT2D eigenvalue weighted by Gasteiger charge is -2.07. The van der Waals surface area contributed by atoms with Gasteiger partial charge in [-0.15, -0.1) is 22.7 Å². The Kier molecular flexibility index (Phi) is 5.24. The molecule has 0 spiro atoms. The highest BCUT2D eigenvalue weighted by Crippen LogP contribution is 2.34. The minimum Gasteiger partial charge on any atom is -0.326 e. The zero-order valence-corrected chi connectivity index (χ0v) is 16.3. The van der Waals surface area contributed by atoms with Crippen LogP contribution in [0.3, 0.4) is 0 Å². The van der Waals surface area contributed by atoms with Crippen molar-refractivity contribution in [1.29, 1.82) is 0 Å². The van der Waals surface area contributed by atoms with Crippen molar-refractivity contribution in [3.05, 3.63) is 69.7 Å². The van der Waals surface area contributed by atoms with Gasteiger partial charge in [0.1, 0.15) is 0 Å². The number of anilines is 1. The van der Waals surface area contributed by atoms with E-state index in [1.807, 2.05) is 41.8 Å². The minimum atomic E-state index is -0.0457. The average molecular weight is 413 g/mol. The molecule has 0 aliphatic rings. The molecule has 3 aromatic heterocycles. The van der Waals surface area contributed by atoms with Crippen LogP contribution >= 0.6 is 34.3 Å². The zero-order valence-electron chi connectivity index (χ0n) is 13.9. The number of aromatic nitrogens is 3. The molecule has 0 bridgehead atoms. The second kappa shape index (κ2) is 7.96. The van der Waals surface area contributed by atoms with Crippen LogP contribution in [0.25, 0.3) is 21.8 Å². The number of thiophene rings is 1. The Labute approximate surface area is 168 Å². The first kappa shape index (κ1) is 17.8. The third-order valence-electron chi connectivity index (χ3n) is 3.76. The molecule has 0 saturated carbocycles. The SMILES string of the molecule is O=C(Cc1cccs1)Nc1cccc(-c2ncsc2-c2ccnc(Cl)n2)c1. The monoisotopic (exact) mass is 412 g/mol. The molecule has 0 radical (unpaired) electrons. The van der Waals surface area contributed by atoms with Crippen molar-refractivity contribution in [2.24, 2.45) is 0 Å². The predicted octanol–water partition coefficient (Wildman–Crippen LogP) is 5.16. The summed E-state index contributed by atoms with van der Waals surface area (Å²) >= 11 is 8.97. The molecule has 134 valence electrons. The molecule has 0 aliphatic carbocycles. The number of thiazole rings is 1. The molecule has 27 heavy (non-hydrogen) atoms. The Hall–Kier alpha value is -2.61. The quantitative estimate of drug-likeness (QED) is 0.459. The first-order chi connectivity index (χ1) is 13.2. The Bertz CT molecular complexity index is 1080. The van der Waals surface area contributed by atoms with Gasteiger partial charge < -0.3 is 5.32 Å². The van der Waals surface area contributed by atoms with Crippen LogP contribution < -0.4 is 5.32 Å². The standard InChI is InChI=1S/C19H13ClN4OS2/c20-19-21-7-6-15(24-19)18-17(22-11-27-18)12-3-1-4-13(9-12)23-16(25)10-14-5-2-8-26-14/h1-9,11H,10H2,(H,23,25). The fourth-order valence-electron chi connectivity index (χ4n) is 2.62. The Morgan fingerprint density at radius 1 is 1.11 bits per heavy atom. The Morgan fingerprint density at radius 3 is 2.85 bits per heavy atom. The summed E-state index contributed by atoms with van der Waals surface area (Å²) in [6.45, 7) is 0. The van der Waals surface area contributed by atoms with Gasteiger partial charge in [-0.1, -0.05) is 18.2 Å². The summed E-state index contributed by atoms with van der Waals surface area (Å²) in [4.78, 5) is 26.9. The molecule has 0 aliphatic heterocycles. The maximum Gasteiger partial charge on any atom is 0.229 e. The lowest BCUT2D eigenvalue weighted by atomic mass is 10.1. The number of hydrogen-bond donors (Lipinski definition) is 1. The number of hydrogen-bond acceptors (Lipinski definition) is 6. The van der Waals surface area contributed by atoms with Crippen LogP contribution in [0.15, 0.2) is 59.6 Å². The van der Waals surface area contributed by atoms with Crippen LogP contribution in [0.4, 0.5) is 5.69 Å². The van der Waals surface area contributed by atoms with Crippen molar-refractivity contribution in [2.75, 3.05) is 5.32 Å². The van der Waals surface area contributed by atoms with Crippen molar-refractivity contribution in [2.45, 2.75) is 6.42 Å². The highest BCUT2D eigenvalue weighted by Gasteiger charge is 2.14. The van der Waals surface area contributed by atoms with E-state index < -0.39 is 0 Å².